The van der Waals surface area contributed by atoms with E-state index in [1.807, 2.05) is 0 Å². The Hall–Kier alpha value is -0.500. The third kappa shape index (κ3) is 3.98. The lowest BCUT2D eigenvalue weighted by atomic mass is 10.2. The normalized spacial score (nSPS) is 19.8. The quantitative estimate of drug-likeness (QED) is 0.853. The van der Waals surface area contributed by atoms with Crippen molar-refractivity contribution >= 4 is 26.0 Å². The van der Waals surface area contributed by atoms with Gasteiger partial charge in [-0.15, -0.1) is 0 Å². The third-order valence-corrected chi connectivity index (χ3v) is 5.25. The molecule has 1 fully saturated rings. The van der Waals surface area contributed by atoms with Crippen molar-refractivity contribution in [2.45, 2.75) is 30.2 Å². The molecule has 0 unspecified atom stereocenters. The predicted molar refractivity (Wildman–Crippen MR) is 74.9 cm³/mol. The SMILES string of the molecule is O=S(=O)(NCC[C@@H]1CCCN1)c1ccc(Br)c(F)c1. The Labute approximate surface area is 121 Å². The summed E-state index contributed by atoms with van der Waals surface area (Å²) < 4.78 is 40.0. The minimum absolute atomic E-state index is 0.0485. The highest BCUT2D eigenvalue weighted by Gasteiger charge is 2.18. The summed E-state index contributed by atoms with van der Waals surface area (Å²) in [7, 11) is -3.63. The maximum absolute atomic E-state index is 13.3. The number of rotatable bonds is 5. The molecule has 0 radical (unpaired) electrons. The molecule has 2 N–H and O–H groups in total. The van der Waals surface area contributed by atoms with Gasteiger partial charge in [-0.2, -0.15) is 0 Å². The second-order valence-electron chi connectivity index (χ2n) is 4.56. The summed E-state index contributed by atoms with van der Waals surface area (Å²) >= 11 is 2.99. The van der Waals surface area contributed by atoms with E-state index < -0.39 is 15.8 Å². The van der Waals surface area contributed by atoms with E-state index in [2.05, 4.69) is 26.0 Å². The molecular formula is C12H16BrFN2O2S. The summed E-state index contributed by atoms with van der Waals surface area (Å²) in [6.07, 6.45) is 2.96. The highest BCUT2D eigenvalue weighted by molar-refractivity contribution is 9.10. The molecular weight excluding hydrogens is 335 g/mol. The fourth-order valence-corrected chi connectivity index (χ4v) is 3.40. The molecule has 1 aromatic rings. The summed E-state index contributed by atoms with van der Waals surface area (Å²) in [4.78, 5) is -0.0485. The molecule has 0 aromatic heterocycles. The first-order valence-electron chi connectivity index (χ1n) is 6.17. The lowest BCUT2D eigenvalue weighted by Crippen LogP contribution is -2.30. The molecule has 2 rings (SSSR count). The Morgan fingerprint density at radius 1 is 1.47 bits per heavy atom. The molecule has 0 amide bonds. The summed E-state index contributed by atoms with van der Waals surface area (Å²) in [5, 5.41) is 3.30. The average molecular weight is 351 g/mol. The van der Waals surface area contributed by atoms with Crippen molar-refractivity contribution in [1.29, 1.82) is 0 Å². The highest BCUT2D eigenvalue weighted by atomic mass is 79.9. The van der Waals surface area contributed by atoms with Crippen LogP contribution in [0.4, 0.5) is 4.39 Å². The molecule has 19 heavy (non-hydrogen) atoms. The number of sulfonamides is 1. The van der Waals surface area contributed by atoms with Crippen LogP contribution < -0.4 is 10.0 Å². The van der Waals surface area contributed by atoms with E-state index in [4.69, 9.17) is 0 Å². The zero-order valence-corrected chi connectivity index (χ0v) is 12.7. The van der Waals surface area contributed by atoms with Crippen molar-refractivity contribution in [2.75, 3.05) is 13.1 Å². The molecule has 0 spiro atoms. The van der Waals surface area contributed by atoms with Crippen molar-refractivity contribution in [2.24, 2.45) is 0 Å². The van der Waals surface area contributed by atoms with Crippen LogP contribution in [-0.4, -0.2) is 27.5 Å². The van der Waals surface area contributed by atoms with Crippen LogP contribution in [0.15, 0.2) is 27.6 Å². The first-order valence-corrected chi connectivity index (χ1v) is 8.45. The van der Waals surface area contributed by atoms with E-state index in [0.717, 1.165) is 31.9 Å². The number of halogens is 2. The van der Waals surface area contributed by atoms with E-state index in [1.165, 1.54) is 12.1 Å². The molecule has 1 aliphatic heterocycles. The van der Waals surface area contributed by atoms with Crippen molar-refractivity contribution < 1.29 is 12.8 Å². The number of hydrogen-bond acceptors (Lipinski definition) is 3. The first-order chi connectivity index (χ1) is 8.99. The van der Waals surface area contributed by atoms with Gasteiger partial charge in [0, 0.05) is 12.6 Å². The summed E-state index contributed by atoms with van der Waals surface area (Å²) in [6, 6.07) is 4.16. The van der Waals surface area contributed by atoms with Crippen molar-refractivity contribution in [3.05, 3.63) is 28.5 Å². The summed E-state index contributed by atoms with van der Waals surface area (Å²) in [5.74, 6) is -0.583. The van der Waals surface area contributed by atoms with Gasteiger partial charge in [-0.3, -0.25) is 0 Å². The van der Waals surface area contributed by atoms with Gasteiger partial charge in [0.15, 0.2) is 0 Å². The van der Waals surface area contributed by atoms with Crippen molar-refractivity contribution in [3.63, 3.8) is 0 Å². The van der Waals surface area contributed by atoms with Gasteiger partial charge in [0.2, 0.25) is 10.0 Å². The van der Waals surface area contributed by atoms with Crippen LogP contribution in [0.1, 0.15) is 19.3 Å². The van der Waals surface area contributed by atoms with Gasteiger partial charge in [0.1, 0.15) is 5.82 Å². The second kappa shape index (κ2) is 6.30. The number of hydrogen-bond donors (Lipinski definition) is 2. The molecule has 1 saturated heterocycles. The average Bonchev–Trinajstić information content (AvgIpc) is 2.85. The van der Waals surface area contributed by atoms with Crippen LogP contribution >= 0.6 is 15.9 Å². The van der Waals surface area contributed by atoms with E-state index in [0.29, 0.717) is 12.6 Å². The summed E-state index contributed by atoms with van der Waals surface area (Å²) in [5.41, 5.74) is 0. The molecule has 0 aliphatic carbocycles. The molecule has 106 valence electrons. The molecule has 1 heterocycles. The van der Waals surface area contributed by atoms with Gasteiger partial charge in [-0.1, -0.05) is 0 Å². The van der Waals surface area contributed by atoms with Gasteiger partial charge in [-0.05, 0) is 59.9 Å². The first kappa shape index (κ1) is 14.9. The van der Waals surface area contributed by atoms with E-state index in [-0.39, 0.29) is 9.37 Å². The monoisotopic (exact) mass is 350 g/mol. The minimum Gasteiger partial charge on any atom is -0.314 e. The summed E-state index contributed by atoms with van der Waals surface area (Å²) in [6.45, 7) is 1.35. The Morgan fingerprint density at radius 3 is 2.89 bits per heavy atom. The topological polar surface area (TPSA) is 58.2 Å². The molecule has 1 aromatic carbocycles. The Bertz CT molecular complexity index is 545. The second-order valence-corrected chi connectivity index (χ2v) is 7.18. The fourth-order valence-electron chi connectivity index (χ4n) is 2.10. The van der Waals surface area contributed by atoms with Gasteiger partial charge in [0.25, 0.3) is 0 Å². The smallest absolute Gasteiger partial charge is 0.240 e. The van der Waals surface area contributed by atoms with Crippen LogP contribution in [0.25, 0.3) is 0 Å². The van der Waals surface area contributed by atoms with Gasteiger partial charge in [0.05, 0.1) is 9.37 Å². The molecule has 4 nitrogen and oxygen atoms in total. The zero-order chi connectivity index (χ0) is 13.9. The van der Waals surface area contributed by atoms with E-state index >= 15 is 0 Å². The molecule has 7 heteroatoms. The number of nitrogens with one attached hydrogen (secondary N) is 2. The Morgan fingerprint density at radius 2 is 2.26 bits per heavy atom. The van der Waals surface area contributed by atoms with Gasteiger partial charge < -0.3 is 5.32 Å². The highest BCUT2D eigenvalue weighted by Crippen LogP contribution is 2.19. The zero-order valence-electron chi connectivity index (χ0n) is 10.3. The Balaban J connectivity index is 1.95. The maximum Gasteiger partial charge on any atom is 0.240 e. The lowest BCUT2D eigenvalue weighted by molar-refractivity contribution is 0.538. The van der Waals surface area contributed by atoms with Crippen LogP contribution in [0.3, 0.4) is 0 Å². The van der Waals surface area contributed by atoms with Crippen molar-refractivity contribution in [3.8, 4) is 0 Å². The van der Waals surface area contributed by atoms with Crippen LogP contribution in [0.5, 0.6) is 0 Å². The van der Waals surface area contributed by atoms with Crippen LogP contribution in [0, 0.1) is 5.82 Å². The largest absolute Gasteiger partial charge is 0.314 e. The maximum atomic E-state index is 13.3. The van der Waals surface area contributed by atoms with Gasteiger partial charge in [-0.25, -0.2) is 17.5 Å². The van der Waals surface area contributed by atoms with E-state index in [9.17, 15) is 12.8 Å². The van der Waals surface area contributed by atoms with Crippen LogP contribution in [0.2, 0.25) is 0 Å². The van der Waals surface area contributed by atoms with Gasteiger partial charge >= 0.3 is 0 Å². The number of benzene rings is 1. The standard InChI is InChI=1S/C12H16BrFN2O2S/c13-11-4-3-10(8-12(11)14)19(17,18)16-7-5-9-2-1-6-15-9/h3-4,8-9,15-16H,1-2,5-7H2/t9-/m0/s1. The predicted octanol–water partition coefficient (Wildman–Crippen LogP) is 2.01. The lowest BCUT2D eigenvalue weighted by Gasteiger charge is -2.11. The van der Waals surface area contributed by atoms with Crippen LogP contribution in [-0.2, 0) is 10.0 Å². The molecule has 0 bridgehead atoms. The fraction of sp³-hybridized carbons (Fsp3) is 0.500. The molecule has 0 saturated carbocycles. The van der Waals surface area contributed by atoms with Crippen molar-refractivity contribution in [1.82, 2.24) is 10.0 Å². The Kier molecular flexibility index (Phi) is 4.94. The third-order valence-electron chi connectivity index (χ3n) is 3.15. The molecule has 1 aliphatic rings. The van der Waals surface area contributed by atoms with E-state index in [1.54, 1.807) is 0 Å². The minimum atomic E-state index is -3.63. The molecule has 1 atom stereocenters.